The number of piperidine rings is 1. The third kappa shape index (κ3) is 15.2. The number of amidine groups is 2. The summed E-state index contributed by atoms with van der Waals surface area (Å²) >= 11 is 0. The maximum atomic E-state index is 13.7. The van der Waals surface area contributed by atoms with Crippen molar-refractivity contribution in [3.63, 3.8) is 0 Å². The molecule has 0 aliphatic carbocycles. The molecule has 0 radical (unpaired) electrons. The van der Waals surface area contributed by atoms with Crippen LogP contribution in [-0.2, 0) is 19.0 Å². The molecular weight excluding hydrogens is 767 g/mol. The third-order valence-electron chi connectivity index (χ3n) is 10.7. The van der Waals surface area contributed by atoms with E-state index >= 15 is 0 Å². The van der Waals surface area contributed by atoms with Crippen LogP contribution in [0.1, 0.15) is 98.2 Å². The number of unbranched alkanes of at least 4 members (excludes halogenated alkanes) is 5. The Hall–Kier alpha value is -5.09. The van der Waals surface area contributed by atoms with E-state index in [9.17, 15) is 9.59 Å². The van der Waals surface area contributed by atoms with Gasteiger partial charge in [-0.3, -0.25) is 25.4 Å². The van der Waals surface area contributed by atoms with Crippen LogP contribution < -0.4 is 25.4 Å². The topological polar surface area (TPSA) is 200 Å². The molecule has 0 saturated carbocycles. The number of carbonyl (C=O) groups excluding carboxylic acids is 1. The second kappa shape index (κ2) is 24.9. The van der Waals surface area contributed by atoms with E-state index < -0.39 is 11.5 Å². The standard InChI is InChI=1S/C45H63N7O8/c1-52-22-18-45(19-23-52,44(47)50-42(46)34-15-20-48-21-16-34)51-36-11-9-10-35(32-36)43(55)49-39-17-27-60-40-14-13-37(33-38(39)40)59-26-8-3-2-6-24-56-28-30-58-31-29-57-25-7-4-5-12-41(53)54/h9-11,13-16,20-21,32-33,39,51H,2-8,12,17-19,22-31H2,1H3,(H,49,55)(H,53,54)(H3,46,47,50)/t39-/m0/s1. The minimum absolute atomic E-state index is 0.137. The average Bonchev–Trinajstić information content (AvgIpc) is 3.25. The fourth-order valence-electron chi connectivity index (χ4n) is 7.19. The van der Waals surface area contributed by atoms with E-state index in [1.807, 2.05) is 36.4 Å². The molecule has 15 heteroatoms. The largest absolute Gasteiger partial charge is 0.494 e. The highest BCUT2D eigenvalue weighted by atomic mass is 16.5. The van der Waals surface area contributed by atoms with Crippen molar-refractivity contribution in [2.75, 3.05) is 78.3 Å². The van der Waals surface area contributed by atoms with Gasteiger partial charge in [0, 0.05) is 73.9 Å². The summed E-state index contributed by atoms with van der Waals surface area (Å²) in [5, 5.41) is 36.2. The Morgan fingerprint density at radius 2 is 1.50 bits per heavy atom. The summed E-state index contributed by atoms with van der Waals surface area (Å²) in [5.74, 6) is 0.880. The van der Waals surface area contributed by atoms with Gasteiger partial charge in [-0.2, -0.15) is 0 Å². The molecule has 5 rings (SSSR count). The van der Waals surface area contributed by atoms with Gasteiger partial charge in [-0.25, -0.2) is 0 Å². The van der Waals surface area contributed by atoms with Crippen LogP contribution in [0.15, 0.2) is 67.0 Å². The number of ether oxygens (including phenoxy) is 5. The van der Waals surface area contributed by atoms with E-state index in [2.05, 4.69) is 32.9 Å². The van der Waals surface area contributed by atoms with Crippen molar-refractivity contribution >= 4 is 29.2 Å². The molecule has 1 aromatic heterocycles. The van der Waals surface area contributed by atoms with Crippen molar-refractivity contribution in [3.8, 4) is 11.5 Å². The predicted octanol–water partition coefficient (Wildman–Crippen LogP) is 6.44. The van der Waals surface area contributed by atoms with Crippen molar-refractivity contribution in [3.05, 3.63) is 83.7 Å². The number of fused-ring (bicyclic) bond motifs is 1. The van der Waals surface area contributed by atoms with Gasteiger partial charge < -0.3 is 49.6 Å². The normalized spacial score (nSPS) is 15.9. The summed E-state index contributed by atoms with van der Waals surface area (Å²) in [6, 6.07) is 16.4. The molecule has 1 atom stereocenters. The van der Waals surface area contributed by atoms with Gasteiger partial charge in [-0.1, -0.05) is 18.9 Å². The van der Waals surface area contributed by atoms with Crippen LogP contribution in [0, 0.1) is 10.8 Å². The smallest absolute Gasteiger partial charge is 0.303 e. The summed E-state index contributed by atoms with van der Waals surface area (Å²) in [4.78, 5) is 30.5. The van der Waals surface area contributed by atoms with Crippen LogP contribution in [-0.4, -0.2) is 117 Å². The predicted molar refractivity (Wildman–Crippen MR) is 231 cm³/mol. The third-order valence-corrected chi connectivity index (χ3v) is 10.7. The highest BCUT2D eigenvalue weighted by molar-refractivity contribution is 6.10. The maximum Gasteiger partial charge on any atom is 0.303 e. The number of hydrogen-bond acceptors (Lipinski definition) is 12. The number of pyridine rings is 1. The number of aliphatic carboxylic acids is 1. The van der Waals surface area contributed by atoms with E-state index in [0.717, 1.165) is 74.4 Å². The molecule has 1 fully saturated rings. The van der Waals surface area contributed by atoms with E-state index in [0.29, 0.717) is 89.7 Å². The number of carbonyl (C=O) groups is 2. The van der Waals surface area contributed by atoms with Gasteiger partial charge in [0.1, 0.15) is 23.2 Å². The van der Waals surface area contributed by atoms with Crippen LogP contribution in [0.2, 0.25) is 0 Å². The van der Waals surface area contributed by atoms with Gasteiger partial charge in [0.2, 0.25) is 0 Å². The van der Waals surface area contributed by atoms with Crippen molar-refractivity contribution in [2.24, 2.45) is 0 Å². The summed E-state index contributed by atoms with van der Waals surface area (Å²) < 4.78 is 28.8. The quantitative estimate of drug-likeness (QED) is 0.0295. The highest BCUT2D eigenvalue weighted by Crippen LogP contribution is 2.35. The lowest BCUT2D eigenvalue weighted by Gasteiger charge is -2.42. The number of rotatable bonds is 26. The van der Waals surface area contributed by atoms with Crippen LogP contribution in [0.4, 0.5) is 5.69 Å². The van der Waals surface area contributed by atoms with Gasteiger partial charge in [0.15, 0.2) is 0 Å². The molecule has 60 heavy (non-hydrogen) atoms. The number of amides is 1. The zero-order chi connectivity index (χ0) is 42.4. The SMILES string of the molecule is CN1CCC(Nc2cccc(C(=O)N[C@H]3CCOc4ccc(OCCCCCCOCCOCCOCCCCCC(=O)O)cc43)c2)(C(=N)NC(=N)c2ccncc2)CC1. The Morgan fingerprint density at radius 3 is 2.20 bits per heavy atom. The van der Waals surface area contributed by atoms with Gasteiger partial charge in [0.05, 0.1) is 51.2 Å². The summed E-state index contributed by atoms with van der Waals surface area (Å²) in [5.41, 5.74) is 2.04. The molecule has 0 unspecified atom stereocenters. The lowest BCUT2D eigenvalue weighted by atomic mass is 9.85. The lowest BCUT2D eigenvalue weighted by molar-refractivity contribution is -0.137. The number of anilines is 1. The van der Waals surface area contributed by atoms with Gasteiger partial charge in [-0.05, 0) is 101 Å². The van der Waals surface area contributed by atoms with Crippen molar-refractivity contribution in [2.45, 2.75) is 82.2 Å². The minimum Gasteiger partial charge on any atom is -0.494 e. The molecule has 2 aromatic carbocycles. The van der Waals surface area contributed by atoms with Crippen LogP contribution >= 0.6 is 0 Å². The fraction of sp³-hybridized carbons (Fsp3) is 0.533. The van der Waals surface area contributed by atoms with E-state index in [-0.39, 0.29) is 30.0 Å². The van der Waals surface area contributed by atoms with E-state index in [1.165, 1.54) is 0 Å². The van der Waals surface area contributed by atoms with Crippen molar-refractivity contribution < 1.29 is 38.4 Å². The summed E-state index contributed by atoms with van der Waals surface area (Å²) in [6.07, 6.45) is 11.8. The second-order valence-corrected chi connectivity index (χ2v) is 15.4. The Bertz CT molecular complexity index is 1810. The molecule has 15 nitrogen and oxygen atoms in total. The first kappa shape index (κ1) is 46.0. The van der Waals surface area contributed by atoms with Crippen LogP contribution in [0.25, 0.3) is 0 Å². The molecule has 0 bridgehead atoms. The Morgan fingerprint density at radius 1 is 0.833 bits per heavy atom. The number of carboxylic acid groups (broad SMARTS) is 1. The summed E-state index contributed by atoms with van der Waals surface area (Å²) in [6.45, 7) is 6.09. The molecule has 0 spiro atoms. The van der Waals surface area contributed by atoms with E-state index in [1.54, 1.807) is 30.6 Å². The molecule has 2 aliphatic heterocycles. The van der Waals surface area contributed by atoms with Gasteiger partial charge >= 0.3 is 5.97 Å². The maximum absolute atomic E-state index is 13.7. The zero-order valence-electron chi connectivity index (χ0n) is 35.0. The average molecular weight is 830 g/mol. The second-order valence-electron chi connectivity index (χ2n) is 15.4. The fourth-order valence-corrected chi connectivity index (χ4v) is 7.19. The molecule has 3 heterocycles. The number of nitrogens with one attached hydrogen (secondary N) is 5. The van der Waals surface area contributed by atoms with Gasteiger partial charge in [-0.15, -0.1) is 0 Å². The minimum atomic E-state index is -0.751. The highest BCUT2D eigenvalue weighted by Gasteiger charge is 2.39. The first-order valence-corrected chi connectivity index (χ1v) is 21.3. The van der Waals surface area contributed by atoms with Gasteiger partial charge in [0.25, 0.3) is 5.91 Å². The lowest BCUT2D eigenvalue weighted by Crippen LogP contribution is -2.58. The van der Waals surface area contributed by atoms with E-state index in [4.69, 9.17) is 39.6 Å². The molecule has 6 N–H and O–H groups in total. The van der Waals surface area contributed by atoms with Crippen LogP contribution in [0.5, 0.6) is 11.5 Å². The van der Waals surface area contributed by atoms with Crippen molar-refractivity contribution in [1.29, 1.82) is 10.8 Å². The molecule has 326 valence electrons. The summed E-state index contributed by atoms with van der Waals surface area (Å²) in [7, 11) is 2.06. The number of carboxylic acids is 1. The molecular formula is C45H63N7O8. The molecule has 1 amide bonds. The Labute approximate surface area is 353 Å². The zero-order valence-corrected chi connectivity index (χ0v) is 35.0. The Kier molecular flexibility index (Phi) is 19.1. The molecule has 1 saturated heterocycles. The Balaban J connectivity index is 1.01. The number of aromatic nitrogens is 1. The van der Waals surface area contributed by atoms with Crippen molar-refractivity contribution in [1.82, 2.24) is 20.5 Å². The first-order chi connectivity index (χ1) is 29.2. The first-order valence-electron chi connectivity index (χ1n) is 21.3. The molecule has 3 aromatic rings. The molecule has 2 aliphatic rings. The number of benzene rings is 2. The monoisotopic (exact) mass is 829 g/mol. The number of nitrogens with zero attached hydrogens (tertiary/aromatic N) is 2. The number of hydrogen-bond donors (Lipinski definition) is 6. The van der Waals surface area contributed by atoms with Crippen LogP contribution in [0.3, 0.4) is 0 Å². The number of likely N-dealkylation sites (tertiary alicyclic amines) is 1.